The van der Waals surface area contributed by atoms with Gasteiger partial charge in [-0.05, 0) is 61.7 Å². The summed E-state index contributed by atoms with van der Waals surface area (Å²) in [6, 6.07) is 9.05. The van der Waals surface area contributed by atoms with Gasteiger partial charge in [-0.15, -0.1) is 0 Å². The Balaban J connectivity index is 1.55. The Labute approximate surface area is 245 Å². The largest absolute Gasteiger partial charge is 0.509 e. The zero-order chi connectivity index (χ0) is 31.3. The average Bonchev–Trinajstić information content (AvgIpc) is 3.34. The van der Waals surface area contributed by atoms with Crippen molar-refractivity contribution in [2.24, 2.45) is 0 Å². The highest BCUT2D eigenvalue weighted by Crippen LogP contribution is 2.42. The molecule has 2 N–H and O–H groups in total. The van der Waals surface area contributed by atoms with Gasteiger partial charge < -0.3 is 10.4 Å². The molecule has 2 aliphatic rings. The zero-order valence-electron chi connectivity index (χ0n) is 22.2. The fourth-order valence-electron chi connectivity index (χ4n) is 5.20. The van der Waals surface area contributed by atoms with E-state index in [2.05, 4.69) is 15.3 Å². The first-order chi connectivity index (χ1) is 20.1. The molecule has 8 nitrogen and oxygen atoms in total. The van der Waals surface area contributed by atoms with Gasteiger partial charge in [-0.25, -0.2) is 15.0 Å². The predicted molar refractivity (Wildman–Crippen MR) is 142 cm³/mol. The first-order valence-electron chi connectivity index (χ1n) is 12.8. The molecular formula is C28H22ClF6N5O3. The van der Waals surface area contributed by atoms with Crippen LogP contribution in [0.5, 0.6) is 0 Å². The molecule has 0 spiro atoms. The number of benzene rings is 2. The average molecular weight is 626 g/mol. The quantitative estimate of drug-likeness (QED) is 0.252. The number of aromatic nitrogens is 2. The number of hydrazine groups is 1. The van der Waals surface area contributed by atoms with Crippen molar-refractivity contribution >= 4 is 29.1 Å². The third kappa shape index (κ3) is 5.76. The van der Waals surface area contributed by atoms with E-state index in [9.17, 15) is 41.0 Å². The van der Waals surface area contributed by atoms with Crippen LogP contribution in [0.15, 0.2) is 66.2 Å². The summed E-state index contributed by atoms with van der Waals surface area (Å²) in [7, 11) is 0. The van der Waals surface area contributed by atoms with E-state index in [0.29, 0.717) is 54.5 Å². The van der Waals surface area contributed by atoms with E-state index >= 15 is 0 Å². The molecule has 3 aromatic rings. The summed E-state index contributed by atoms with van der Waals surface area (Å²) < 4.78 is 80.6. The first-order valence-corrected chi connectivity index (χ1v) is 13.2. The highest BCUT2D eigenvalue weighted by molar-refractivity contribution is 6.30. The Hall–Kier alpha value is -4.17. The van der Waals surface area contributed by atoms with Crippen LogP contribution in [0, 0.1) is 0 Å². The third-order valence-corrected chi connectivity index (χ3v) is 7.64. The van der Waals surface area contributed by atoms with Gasteiger partial charge in [0.1, 0.15) is 23.4 Å². The van der Waals surface area contributed by atoms with E-state index in [-0.39, 0.29) is 12.2 Å². The lowest BCUT2D eigenvalue weighted by molar-refractivity contribution is -0.160. The summed E-state index contributed by atoms with van der Waals surface area (Å²) in [6.45, 7) is 2.06. The minimum absolute atomic E-state index is 0.0162. The predicted octanol–water partition coefficient (Wildman–Crippen LogP) is 6.40. The van der Waals surface area contributed by atoms with E-state index in [1.54, 1.807) is 36.2 Å². The van der Waals surface area contributed by atoms with Crippen molar-refractivity contribution in [3.8, 4) is 11.3 Å². The summed E-state index contributed by atoms with van der Waals surface area (Å²) in [4.78, 5) is 34.1. The van der Waals surface area contributed by atoms with Crippen molar-refractivity contribution in [1.82, 2.24) is 20.0 Å². The molecule has 0 bridgehead atoms. The molecule has 1 saturated heterocycles. The Morgan fingerprint density at radius 3 is 2.40 bits per heavy atom. The molecule has 3 heterocycles. The van der Waals surface area contributed by atoms with Gasteiger partial charge in [-0.1, -0.05) is 23.7 Å². The summed E-state index contributed by atoms with van der Waals surface area (Å²) in [5.41, 5.74) is -5.21. The van der Waals surface area contributed by atoms with Crippen LogP contribution < -0.4 is 5.32 Å². The second-order valence-electron chi connectivity index (χ2n) is 10.2. The van der Waals surface area contributed by atoms with Crippen molar-refractivity contribution < 1.29 is 41.0 Å². The fourth-order valence-corrected chi connectivity index (χ4v) is 5.32. The number of rotatable bonds is 5. The molecule has 1 fully saturated rings. The maximum absolute atomic E-state index is 13.7. The number of anilines is 1. The van der Waals surface area contributed by atoms with E-state index < -0.39 is 63.6 Å². The highest BCUT2D eigenvalue weighted by Gasteiger charge is 2.52. The minimum atomic E-state index is -4.93. The van der Waals surface area contributed by atoms with Gasteiger partial charge in [0.25, 0.3) is 11.8 Å². The van der Waals surface area contributed by atoms with Crippen LogP contribution >= 0.6 is 11.6 Å². The molecule has 0 aliphatic carbocycles. The summed E-state index contributed by atoms with van der Waals surface area (Å²) >= 11 is 5.97. The number of carbonyl (C=O) groups excluding carboxylic acids is 2. The Bertz CT molecular complexity index is 1630. The molecule has 0 saturated carbocycles. The lowest BCUT2D eigenvalue weighted by atomic mass is 9.90. The van der Waals surface area contributed by atoms with Gasteiger partial charge in [0.05, 0.1) is 29.0 Å². The van der Waals surface area contributed by atoms with Crippen molar-refractivity contribution in [2.45, 2.75) is 44.2 Å². The Morgan fingerprint density at radius 1 is 1.05 bits per heavy atom. The van der Waals surface area contributed by atoms with Gasteiger partial charge in [0.2, 0.25) is 0 Å². The molecule has 5 rings (SSSR count). The van der Waals surface area contributed by atoms with E-state index in [1.807, 2.05) is 0 Å². The van der Waals surface area contributed by atoms with Crippen LogP contribution in [0.2, 0.25) is 5.02 Å². The Kier molecular flexibility index (Phi) is 7.63. The molecular weight excluding hydrogens is 604 g/mol. The fraction of sp³-hybridized carbons (Fsp3) is 0.286. The number of fused-ring (bicyclic) bond motifs is 1. The number of aliphatic hydroxyl groups excluding tert-OH is 1. The summed E-state index contributed by atoms with van der Waals surface area (Å²) in [5, 5.41) is 17.0. The number of amides is 2. The molecule has 0 unspecified atom stereocenters. The number of aliphatic hydroxyl groups is 1. The number of alkyl halides is 6. The topological polar surface area (TPSA) is 98.7 Å². The zero-order valence-corrected chi connectivity index (χ0v) is 23.0. The molecule has 0 radical (unpaired) electrons. The van der Waals surface area contributed by atoms with Gasteiger partial charge in [-0.2, -0.15) is 26.3 Å². The number of carbonyl (C=O) groups is 2. The lowest BCUT2D eigenvalue weighted by Gasteiger charge is -2.46. The minimum Gasteiger partial charge on any atom is -0.509 e. The monoisotopic (exact) mass is 625 g/mol. The molecule has 2 aromatic carbocycles. The van der Waals surface area contributed by atoms with Gasteiger partial charge in [-0.3, -0.25) is 14.6 Å². The van der Waals surface area contributed by atoms with E-state index in [4.69, 9.17) is 11.6 Å². The van der Waals surface area contributed by atoms with Crippen molar-refractivity contribution in [3.63, 3.8) is 0 Å². The lowest BCUT2D eigenvalue weighted by Crippen LogP contribution is -2.60. The second kappa shape index (κ2) is 10.8. The van der Waals surface area contributed by atoms with Crippen molar-refractivity contribution in [1.29, 1.82) is 0 Å². The normalized spacial score (nSPS) is 19.5. The SMILES string of the molecule is C[C@]12CCCN1N(Cc1ccc(Cl)cc1)C(=O)C(C(=O)Nc1ccc(C(F)(F)F)cc1-c1cc(C(F)(F)F)ncn1)=C2O. The van der Waals surface area contributed by atoms with Crippen molar-refractivity contribution in [3.05, 3.63) is 88.0 Å². The smallest absolute Gasteiger partial charge is 0.433 e. The maximum Gasteiger partial charge on any atom is 0.433 e. The van der Waals surface area contributed by atoms with E-state index in [0.717, 1.165) is 6.07 Å². The third-order valence-electron chi connectivity index (χ3n) is 7.39. The number of nitrogens with one attached hydrogen (secondary N) is 1. The molecule has 1 atom stereocenters. The first kappa shape index (κ1) is 30.3. The number of nitrogens with zero attached hydrogens (tertiary/aromatic N) is 4. The van der Waals surface area contributed by atoms with Crippen LogP contribution in [0.3, 0.4) is 0 Å². The van der Waals surface area contributed by atoms with Crippen LogP contribution in [0.4, 0.5) is 32.0 Å². The van der Waals surface area contributed by atoms with Crippen LogP contribution in [0.25, 0.3) is 11.3 Å². The van der Waals surface area contributed by atoms with Gasteiger partial charge >= 0.3 is 12.4 Å². The molecule has 2 amide bonds. The van der Waals surface area contributed by atoms with Crippen LogP contribution in [0.1, 0.15) is 36.6 Å². The number of halogens is 7. The number of hydrogen-bond acceptors (Lipinski definition) is 6. The summed E-state index contributed by atoms with van der Waals surface area (Å²) in [6.07, 6.45) is -8.30. The molecule has 226 valence electrons. The summed E-state index contributed by atoms with van der Waals surface area (Å²) in [5.74, 6) is -2.57. The Morgan fingerprint density at radius 2 is 1.74 bits per heavy atom. The highest BCUT2D eigenvalue weighted by atomic mass is 35.5. The second-order valence-corrected chi connectivity index (χ2v) is 10.6. The van der Waals surface area contributed by atoms with Crippen LogP contribution in [-0.2, 0) is 28.5 Å². The maximum atomic E-state index is 13.7. The van der Waals surface area contributed by atoms with E-state index in [1.165, 1.54) is 5.01 Å². The van der Waals surface area contributed by atoms with Crippen LogP contribution in [-0.4, -0.2) is 49.0 Å². The van der Waals surface area contributed by atoms with Crippen molar-refractivity contribution in [2.75, 3.05) is 11.9 Å². The molecule has 2 aliphatic heterocycles. The van der Waals surface area contributed by atoms with Gasteiger partial charge in [0, 0.05) is 17.1 Å². The molecule has 15 heteroatoms. The standard InChI is InChI=1S/C28H22ClF6N5O3/c1-26-9-2-10-40(26)39(13-15-3-6-17(29)7-4-15)25(43)22(23(26)41)24(42)38-19-8-5-16(27(30,31)32)11-18(19)20-12-21(28(33,34)35)37-14-36-20/h3-8,11-12,14,41H,2,9-10,13H2,1H3,(H,38,42)/t26-/m1/s1. The number of hydrogen-bond donors (Lipinski definition) is 2. The molecule has 43 heavy (non-hydrogen) atoms. The van der Waals surface area contributed by atoms with Gasteiger partial charge in [0.15, 0.2) is 0 Å². The molecule has 1 aromatic heterocycles.